The van der Waals surface area contributed by atoms with E-state index in [4.69, 9.17) is 4.98 Å². The molecule has 1 N–H and O–H groups in total. The molecule has 4 heteroatoms. The monoisotopic (exact) mass is 256 g/mol. The Balaban J connectivity index is 2.54. The molecule has 4 nitrogen and oxygen atoms in total. The lowest BCUT2D eigenvalue weighted by atomic mass is 10.1. The van der Waals surface area contributed by atoms with Crippen molar-refractivity contribution in [3.8, 4) is 11.3 Å². The topological polar surface area (TPSA) is 50.7 Å². The van der Waals surface area contributed by atoms with E-state index in [0.717, 1.165) is 47.0 Å². The number of nitrogens with zero attached hydrogens (tertiary/aromatic N) is 3. The third kappa shape index (κ3) is 2.89. The molecule has 0 unspecified atom stereocenters. The van der Waals surface area contributed by atoms with Crippen LogP contribution < -0.4 is 5.32 Å². The van der Waals surface area contributed by atoms with Crippen molar-refractivity contribution in [2.45, 2.75) is 34.1 Å². The van der Waals surface area contributed by atoms with Crippen molar-refractivity contribution in [2.75, 3.05) is 11.9 Å². The molecule has 2 heterocycles. The zero-order valence-corrected chi connectivity index (χ0v) is 12.0. The second-order valence-corrected chi connectivity index (χ2v) is 4.71. The zero-order chi connectivity index (χ0) is 13.8. The van der Waals surface area contributed by atoms with Crippen LogP contribution in [-0.4, -0.2) is 21.5 Å². The summed E-state index contributed by atoms with van der Waals surface area (Å²) in [5.41, 5.74) is 5.04. The van der Waals surface area contributed by atoms with Crippen molar-refractivity contribution in [3.63, 3.8) is 0 Å². The first kappa shape index (κ1) is 13.5. The number of pyridine rings is 1. The molecule has 0 saturated heterocycles. The number of anilines is 1. The molecule has 19 heavy (non-hydrogen) atoms. The molecule has 0 fully saturated rings. The molecule has 0 spiro atoms. The maximum atomic E-state index is 4.70. The van der Waals surface area contributed by atoms with Gasteiger partial charge in [-0.05, 0) is 38.8 Å². The quantitative estimate of drug-likeness (QED) is 0.912. The summed E-state index contributed by atoms with van der Waals surface area (Å²) in [6.45, 7) is 9.06. The number of aryl methyl sites for hydroxylation is 3. The fourth-order valence-electron chi connectivity index (χ4n) is 1.90. The van der Waals surface area contributed by atoms with Crippen LogP contribution in [0.15, 0.2) is 18.5 Å². The van der Waals surface area contributed by atoms with Crippen LogP contribution in [0.4, 0.5) is 5.82 Å². The molecule has 0 amide bonds. The van der Waals surface area contributed by atoms with Gasteiger partial charge in [0.15, 0.2) is 5.82 Å². The highest BCUT2D eigenvalue weighted by Crippen LogP contribution is 2.27. The maximum absolute atomic E-state index is 4.70. The largest absolute Gasteiger partial charge is 0.368 e. The van der Waals surface area contributed by atoms with E-state index < -0.39 is 0 Å². The van der Waals surface area contributed by atoms with E-state index in [9.17, 15) is 0 Å². The average Bonchev–Trinajstić information content (AvgIpc) is 2.40. The van der Waals surface area contributed by atoms with Gasteiger partial charge in [0.2, 0.25) is 0 Å². The van der Waals surface area contributed by atoms with Gasteiger partial charge in [0.05, 0.1) is 11.4 Å². The molecular formula is C15H20N4. The summed E-state index contributed by atoms with van der Waals surface area (Å²) in [5, 5.41) is 3.36. The van der Waals surface area contributed by atoms with Crippen molar-refractivity contribution >= 4 is 5.82 Å². The molecule has 0 bridgehead atoms. The summed E-state index contributed by atoms with van der Waals surface area (Å²) in [7, 11) is 0. The SMILES string of the molecule is CCCNc1nc(C)c(C)nc1-c1ccncc1C. The Bertz CT molecular complexity index is 578. The number of nitrogens with one attached hydrogen (secondary N) is 1. The third-order valence-corrected chi connectivity index (χ3v) is 3.12. The highest BCUT2D eigenvalue weighted by atomic mass is 15.0. The molecule has 2 aromatic heterocycles. The predicted molar refractivity (Wildman–Crippen MR) is 78.3 cm³/mol. The molecule has 0 aliphatic rings. The zero-order valence-electron chi connectivity index (χ0n) is 12.0. The molecule has 100 valence electrons. The molecule has 0 aliphatic heterocycles. The van der Waals surface area contributed by atoms with E-state index in [1.807, 2.05) is 33.0 Å². The minimum Gasteiger partial charge on any atom is -0.368 e. The Kier molecular flexibility index (Phi) is 4.10. The van der Waals surface area contributed by atoms with E-state index in [1.54, 1.807) is 6.20 Å². The van der Waals surface area contributed by atoms with E-state index in [0.29, 0.717) is 0 Å². The minimum atomic E-state index is 0.860. The van der Waals surface area contributed by atoms with Crippen molar-refractivity contribution < 1.29 is 0 Å². The first-order chi connectivity index (χ1) is 9.13. The second kappa shape index (κ2) is 5.78. The average molecular weight is 256 g/mol. The Morgan fingerprint density at radius 2 is 1.84 bits per heavy atom. The van der Waals surface area contributed by atoms with Gasteiger partial charge in [0, 0.05) is 24.5 Å². The number of hydrogen-bond acceptors (Lipinski definition) is 4. The highest BCUT2D eigenvalue weighted by Gasteiger charge is 2.12. The standard InChI is InChI=1S/C15H20N4/c1-5-7-17-15-14(18-11(3)12(4)19-15)13-6-8-16-9-10(13)2/h6,8-9H,5,7H2,1-4H3,(H,17,19). The fraction of sp³-hybridized carbons (Fsp3) is 0.400. The van der Waals surface area contributed by atoms with Crippen LogP contribution in [-0.2, 0) is 0 Å². The van der Waals surface area contributed by atoms with Crippen LogP contribution in [0.1, 0.15) is 30.3 Å². The smallest absolute Gasteiger partial charge is 0.152 e. The van der Waals surface area contributed by atoms with E-state index in [-0.39, 0.29) is 0 Å². The molecule has 0 atom stereocenters. The van der Waals surface area contributed by atoms with Crippen molar-refractivity contribution in [1.29, 1.82) is 0 Å². The normalized spacial score (nSPS) is 10.5. The molecule has 0 saturated carbocycles. The summed E-state index contributed by atoms with van der Waals surface area (Å²) < 4.78 is 0. The number of aromatic nitrogens is 3. The van der Waals surface area contributed by atoms with Crippen molar-refractivity contribution in [3.05, 3.63) is 35.4 Å². The second-order valence-electron chi connectivity index (χ2n) is 4.71. The van der Waals surface area contributed by atoms with Gasteiger partial charge in [-0.3, -0.25) is 4.98 Å². The van der Waals surface area contributed by atoms with Gasteiger partial charge in [-0.15, -0.1) is 0 Å². The minimum absolute atomic E-state index is 0.860. The summed E-state index contributed by atoms with van der Waals surface area (Å²) in [5.74, 6) is 0.860. The van der Waals surface area contributed by atoms with Gasteiger partial charge in [0.1, 0.15) is 5.69 Å². The Hall–Kier alpha value is -1.97. The Labute approximate surface area is 114 Å². The summed E-state index contributed by atoms with van der Waals surface area (Å²) in [4.78, 5) is 13.5. The first-order valence-electron chi connectivity index (χ1n) is 6.63. The predicted octanol–water partition coefficient (Wildman–Crippen LogP) is 3.29. The maximum Gasteiger partial charge on any atom is 0.152 e. The number of rotatable bonds is 4. The molecule has 0 aliphatic carbocycles. The van der Waals surface area contributed by atoms with Crippen LogP contribution >= 0.6 is 0 Å². The van der Waals surface area contributed by atoms with Gasteiger partial charge in [0.25, 0.3) is 0 Å². The molecule has 2 rings (SSSR count). The third-order valence-electron chi connectivity index (χ3n) is 3.12. The summed E-state index contributed by atoms with van der Waals surface area (Å²) >= 11 is 0. The van der Waals surface area contributed by atoms with Crippen LogP contribution in [0.25, 0.3) is 11.3 Å². The van der Waals surface area contributed by atoms with E-state index in [2.05, 4.69) is 22.2 Å². The van der Waals surface area contributed by atoms with E-state index >= 15 is 0 Å². The van der Waals surface area contributed by atoms with Gasteiger partial charge in [-0.1, -0.05) is 6.92 Å². The van der Waals surface area contributed by atoms with Gasteiger partial charge < -0.3 is 5.32 Å². The highest BCUT2D eigenvalue weighted by molar-refractivity contribution is 5.73. The lowest BCUT2D eigenvalue weighted by Gasteiger charge is -2.13. The fourth-order valence-corrected chi connectivity index (χ4v) is 1.90. The lowest BCUT2D eigenvalue weighted by molar-refractivity contribution is 0.953. The molecule has 0 radical (unpaired) electrons. The Morgan fingerprint density at radius 1 is 1.11 bits per heavy atom. The van der Waals surface area contributed by atoms with Gasteiger partial charge in [-0.2, -0.15) is 0 Å². The number of hydrogen-bond donors (Lipinski definition) is 1. The van der Waals surface area contributed by atoms with Gasteiger partial charge in [-0.25, -0.2) is 9.97 Å². The van der Waals surface area contributed by atoms with Crippen LogP contribution in [0, 0.1) is 20.8 Å². The van der Waals surface area contributed by atoms with Crippen LogP contribution in [0.3, 0.4) is 0 Å². The molecule has 2 aromatic rings. The Morgan fingerprint density at radius 3 is 2.53 bits per heavy atom. The van der Waals surface area contributed by atoms with Crippen molar-refractivity contribution in [2.24, 2.45) is 0 Å². The summed E-state index contributed by atoms with van der Waals surface area (Å²) in [6.07, 6.45) is 4.71. The molecule has 0 aromatic carbocycles. The van der Waals surface area contributed by atoms with E-state index in [1.165, 1.54) is 0 Å². The first-order valence-corrected chi connectivity index (χ1v) is 6.63. The lowest BCUT2D eigenvalue weighted by Crippen LogP contribution is -2.08. The van der Waals surface area contributed by atoms with Crippen molar-refractivity contribution in [1.82, 2.24) is 15.0 Å². The van der Waals surface area contributed by atoms with Gasteiger partial charge >= 0.3 is 0 Å². The molecular weight excluding hydrogens is 236 g/mol. The summed E-state index contributed by atoms with van der Waals surface area (Å²) in [6, 6.07) is 1.99. The van der Waals surface area contributed by atoms with Crippen LogP contribution in [0.2, 0.25) is 0 Å². The van der Waals surface area contributed by atoms with Crippen LogP contribution in [0.5, 0.6) is 0 Å².